The number of nitrogens with zero attached hydrogens (tertiary/aromatic N) is 2. The largest absolute Gasteiger partial charge is 0.382 e. The van der Waals surface area contributed by atoms with Crippen molar-refractivity contribution in [1.29, 1.82) is 0 Å². The van der Waals surface area contributed by atoms with Crippen molar-refractivity contribution in [3.63, 3.8) is 0 Å². The summed E-state index contributed by atoms with van der Waals surface area (Å²) < 4.78 is 10.6. The van der Waals surface area contributed by atoms with Crippen molar-refractivity contribution in [2.24, 2.45) is 10.9 Å². The lowest BCUT2D eigenvalue weighted by molar-refractivity contribution is 0.0536. The molecule has 0 spiro atoms. The summed E-state index contributed by atoms with van der Waals surface area (Å²) >= 11 is 1.81. The van der Waals surface area contributed by atoms with E-state index >= 15 is 0 Å². The Morgan fingerprint density at radius 3 is 3.14 bits per heavy atom. The van der Waals surface area contributed by atoms with E-state index < -0.39 is 0 Å². The molecular weight excluding hydrogens is 298 g/mol. The molecule has 1 aromatic rings. The van der Waals surface area contributed by atoms with E-state index in [-0.39, 0.29) is 0 Å². The Morgan fingerprint density at radius 1 is 1.50 bits per heavy atom. The van der Waals surface area contributed by atoms with Crippen LogP contribution < -0.4 is 5.32 Å². The highest BCUT2D eigenvalue weighted by Crippen LogP contribution is 2.16. The van der Waals surface area contributed by atoms with E-state index in [9.17, 15) is 0 Å². The minimum atomic E-state index is 0.590. The van der Waals surface area contributed by atoms with Gasteiger partial charge in [0.1, 0.15) is 0 Å². The fraction of sp³-hybridized carbons (Fsp3) is 0.688. The number of methoxy groups -OCH3 is 1. The topological polar surface area (TPSA) is 46.1 Å². The summed E-state index contributed by atoms with van der Waals surface area (Å²) in [6.07, 6.45) is 2.21. The number of nitrogens with one attached hydrogen (secondary N) is 1. The first-order chi connectivity index (χ1) is 10.8. The summed E-state index contributed by atoms with van der Waals surface area (Å²) in [5.41, 5.74) is 0. The van der Waals surface area contributed by atoms with Gasteiger partial charge in [-0.15, -0.1) is 11.3 Å². The normalized spacial score (nSPS) is 18.9. The number of aliphatic imine (C=N–C) groups is 1. The summed E-state index contributed by atoms with van der Waals surface area (Å²) in [6, 6.07) is 4.28. The summed E-state index contributed by atoms with van der Waals surface area (Å²) in [7, 11) is 3.56. The van der Waals surface area contributed by atoms with E-state index in [0.29, 0.717) is 19.1 Å². The van der Waals surface area contributed by atoms with Gasteiger partial charge in [0.15, 0.2) is 5.96 Å². The van der Waals surface area contributed by atoms with Crippen LogP contribution in [0.1, 0.15) is 11.3 Å². The highest BCUT2D eigenvalue weighted by Gasteiger charge is 2.24. The molecule has 1 aromatic heterocycles. The SMILES string of the molecule is CN=C(NCCc1cccs1)N1CCC(COCCOC)C1. The highest BCUT2D eigenvalue weighted by atomic mass is 32.1. The van der Waals surface area contributed by atoms with Crippen LogP contribution >= 0.6 is 11.3 Å². The fourth-order valence-electron chi connectivity index (χ4n) is 2.64. The second-order valence-corrected chi connectivity index (χ2v) is 6.50. The van der Waals surface area contributed by atoms with Crippen molar-refractivity contribution in [3.8, 4) is 0 Å². The summed E-state index contributed by atoms with van der Waals surface area (Å²) in [4.78, 5) is 8.15. The zero-order valence-corrected chi connectivity index (χ0v) is 14.4. The summed E-state index contributed by atoms with van der Waals surface area (Å²) in [5, 5.41) is 5.59. The maximum absolute atomic E-state index is 5.64. The number of likely N-dealkylation sites (tertiary alicyclic amines) is 1. The van der Waals surface area contributed by atoms with Crippen LogP contribution in [-0.4, -0.2) is 64.5 Å². The van der Waals surface area contributed by atoms with Gasteiger partial charge in [0.05, 0.1) is 19.8 Å². The molecule has 0 aromatic carbocycles. The fourth-order valence-corrected chi connectivity index (χ4v) is 3.35. The highest BCUT2D eigenvalue weighted by molar-refractivity contribution is 7.09. The van der Waals surface area contributed by atoms with Gasteiger partial charge in [-0.2, -0.15) is 0 Å². The molecular formula is C16H27N3O2S. The molecule has 124 valence electrons. The molecule has 6 heteroatoms. The number of hydrogen-bond donors (Lipinski definition) is 1. The molecule has 1 atom stereocenters. The van der Waals surface area contributed by atoms with Gasteiger partial charge in [0, 0.05) is 44.6 Å². The lowest BCUT2D eigenvalue weighted by Gasteiger charge is -2.21. The lowest BCUT2D eigenvalue weighted by Crippen LogP contribution is -2.41. The van der Waals surface area contributed by atoms with Crippen molar-refractivity contribution in [1.82, 2.24) is 10.2 Å². The van der Waals surface area contributed by atoms with E-state index in [2.05, 4.69) is 32.7 Å². The van der Waals surface area contributed by atoms with Crippen LogP contribution in [0.15, 0.2) is 22.5 Å². The average Bonchev–Trinajstić information content (AvgIpc) is 3.20. The van der Waals surface area contributed by atoms with Gasteiger partial charge in [-0.3, -0.25) is 4.99 Å². The standard InChI is InChI=1S/C16H27N3O2S/c1-17-16(18-7-5-15-4-3-11-22-15)19-8-6-14(12-19)13-21-10-9-20-2/h3-4,11,14H,5-10,12-13H2,1-2H3,(H,17,18). The van der Waals surface area contributed by atoms with Crippen molar-refractivity contribution in [3.05, 3.63) is 22.4 Å². The van der Waals surface area contributed by atoms with E-state index in [1.165, 1.54) is 11.3 Å². The number of guanidine groups is 1. The minimum Gasteiger partial charge on any atom is -0.382 e. The van der Waals surface area contributed by atoms with Gasteiger partial charge in [0.2, 0.25) is 0 Å². The van der Waals surface area contributed by atoms with Crippen LogP contribution in [0.5, 0.6) is 0 Å². The van der Waals surface area contributed by atoms with E-state index in [4.69, 9.17) is 9.47 Å². The van der Waals surface area contributed by atoms with Gasteiger partial charge in [0.25, 0.3) is 0 Å². The van der Waals surface area contributed by atoms with E-state index in [0.717, 1.165) is 38.6 Å². The molecule has 2 heterocycles. The molecule has 2 rings (SSSR count). The first-order valence-corrected chi connectivity index (χ1v) is 8.76. The first-order valence-electron chi connectivity index (χ1n) is 7.88. The van der Waals surface area contributed by atoms with Crippen molar-refractivity contribution in [2.45, 2.75) is 12.8 Å². The molecule has 1 unspecified atom stereocenters. The molecule has 0 saturated carbocycles. The van der Waals surface area contributed by atoms with Gasteiger partial charge < -0.3 is 19.7 Å². The third-order valence-electron chi connectivity index (χ3n) is 3.82. The van der Waals surface area contributed by atoms with Crippen molar-refractivity contribution in [2.75, 3.05) is 53.6 Å². The van der Waals surface area contributed by atoms with Gasteiger partial charge >= 0.3 is 0 Å². The van der Waals surface area contributed by atoms with E-state index in [1.54, 1.807) is 7.11 Å². The van der Waals surface area contributed by atoms with Crippen LogP contribution in [0.2, 0.25) is 0 Å². The maximum atomic E-state index is 5.64. The second kappa shape index (κ2) is 9.82. The molecule has 1 fully saturated rings. The molecule has 1 aliphatic rings. The average molecular weight is 325 g/mol. The van der Waals surface area contributed by atoms with Crippen molar-refractivity contribution < 1.29 is 9.47 Å². The molecule has 5 nitrogen and oxygen atoms in total. The third kappa shape index (κ3) is 5.59. The molecule has 0 bridgehead atoms. The monoisotopic (exact) mass is 325 g/mol. The minimum absolute atomic E-state index is 0.590. The van der Waals surface area contributed by atoms with Gasteiger partial charge in [-0.05, 0) is 24.3 Å². The van der Waals surface area contributed by atoms with Crippen molar-refractivity contribution >= 4 is 17.3 Å². The molecule has 1 saturated heterocycles. The van der Waals surface area contributed by atoms with Gasteiger partial charge in [-0.25, -0.2) is 0 Å². The zero-order chi connectivity index (χ0) is 15.6. The Hall–Kier alpha value is -1.11. The smallest absolute Gasteiger partial charge is 0.193 e. The third-order valence-corrected chi connectivity index (χ3v) is 4.75. The first kappa shape index (κ1) is 17.2. The molecule has 1 N–H and O–H groups in total. The second-order valence-electron chi connectivity index (χ2n) is 5.47. The summed E-state index contributed by atoms with van der Waals surface area (Å²) in [5.74, 6) is 1.60. The number of hydrogen-bond acceptors (Lipinski definition) is 4. The Bertz CT molecular complexity index is 437. The number of thiophene rings is 1. The quantitative estimate of drug-likeness (QED) is 0.450. The van der Waals surface area contributed by atoms with E-state index in [1.807, 2.05) is 18.4 Å². The zero-order valence-electron chi connectivity index (χ0n) is 13.6. The number of ether oxygens (including phenoxy) is 2. The molecule has 0 amide bonds. The Kier molecular flexibility index (Phi) is 7.70. The molecule has 22 heavy (non-hydrogen) atoms. The Morgan fingerprint density at radius 2 is 2.41 bits per heavy atom. The molecule has 0 aliphatic carbocycles. The molecule has 0 radical (unpaired) electrons. The number of rotatable bonds is 8. The molecule has 1 aliphatic heterocycles. The van der Waals surface area contributed by atoms with Gasteiger partial charge in [-0.1, -0.05) is 6.07 Å². The summed E-state index contributed by atoms with van der Waals surface area (Å²) in [6.45, 7) is 5.16. The predicted octanol–water partition coefficient (Wildman–Crippen LogP) is 1.85. The maximum Gasteiger partial charge on any atom is 0.193 e. The Balaban J connectivity index is 1.66. The van der Waals surface area contributed by atoms with Crippen LogP contribution in [-0.2, 0) is 15.9 Å². The van der Waals surface area contributed by atoms with Crippen LogP contribution in [0, 0.1) is 5.92 Å². The van der Waals surface area contributed by atoms with Crippen LogP contribution in [0.4, 0.5) is 0 Å². The Labute approximate surface area is 137 Å². The lowest BCUT2D eigenvalue weighted by atomic mass is 10.1. The van der Waals surface area contributed by atoms with Crippen LogP contribution in [0.3, 0.4) is 0 Å². The van der Waals surface area contributed by atoms with Crippen LogP contribution in [0.25, 0.3) is 0 Å². The predicted molar refractivity (Wildman–Crippen MR) is 91.8 cm³/mol.